The fraction of sp³-hybridized carbons (Fsp3) is 0.562. The number of ether oxygens (including phenoxy) is 1. The van der Waals surface area contributed by atoms with Gasteiger partial charge in [0, 0.05) is 6.04 Å². The minimum atomic E-state index is 0.595. The van der Waals surface area contributed by atoms with Crippen LogP contribution in [0.15, 0.2) is 18.2 Å². The third-order valence-corrected chi connectivity index (χ3v) is 4.96. The first kappa shape index (κ1) is 13.7. The Hall–Kier alpha value is -1.29. The van der Waals surface area contributed by atoms with Gasteiger partial charge in [-0.1, -0.05) is 18.3 Å². The van der Waals surface area contributed by atoms with Gasteiger partial charge in [-0.2, -0.15) is 0 Å². The number of anilines is 1. The van der Waals surface area contributed by atoms with Crippen LogP contribution in [0.5, 0.6) is 5.75 Å². The third-order valence-electron chi connectivity index (χ3n) is 4.01. The molecule has 2 aromatic rings. The number of hydrogen-bond acceptors (Lipinski definition) is 4. The zero-order valence-corrected chi connectivity index (χ0v) is 13.0. The summed E-state index contributed by atoms with van der Waals surface area (Å²) in [6, 6.07) is 6.73. The van der Waals surface area contributed by atoms with Gasteiger partial charge in [-0.3, -0.25) is 0 Å². The Bertz CT molecular complexity index is 573. The second-order valence-electron chi connectivity index (χ2n) is 5.68. The first-order valence-electron chi connectivity index (χ1n) is 7.54. The van der Waals surface area contributed by atoms with Crippen LogP contribution in [0.1, 0.15) is 39.5 Å². The molecule has 0 saturated heterocycles. The lowest BCUT2D eigenvalue weighted by Crippen LogP contribution is -2.24. The summed E-state index contributed by atoms with van der Waals surface area (Å²) in [5.41, 5.74) is 1.06. The van der Waals surface area contributed by atoms with Crippen molar-refractivity contribution in [1.29, 1.82) is 0 Å². The van der Waals surface area contributed by atoms with Crippen LogP contribution >= 0.6 is 11.3 Å². The number of nitrogens with zero attached hydrogens (tertiary/aromatic N) is 1. The van der Waals surface area contributed by atoms with Crippen molar-refractivity contribution in [2.75, 3.05) is 11.9 Å². The molecule has 0 radical (unpaired) electrons. The number of rotatable bonds is 4. The number of fused-ring (bicyclic) bond motifs is 1. The Labute approximate surface area is 124 Å². The van der Waals surface area contributed by atoms with E-state index in [-0.39, 0.29) is 0 Å². The summed E-state index contributed by atoms with van der Waals surface area (Å²) in [7, 11) is 0. The van der Waals surface area contributed by atoms with Crippen molar-refractivity contribution in [1.82, 2.24) is 4.98 Å². The first-order valence-corrected chi connectivity index (χ1v) is 8.36. The van der Waals surface area contributed by atoms with E-state index in [2.05, 4.69) is 23.3 Å². The summed E-state index contributed by atoms with van der Waals surface area (Å²) >= 11 is 1.73. The van der Waals surface area contributed by atoms with Crippen LogP contribution in [0.2, 0.25) is 0 Å². The monoisotopic (exact) mass is 290 g/mol. The summed E-state index contributed by atoms with van der Waals surface area (Å²) < 4.78 is 6.74. The second-order valence-corrected chi connectivity index (χ2v) is 6.71. The molecule has 4 heteroatoms. The highest BCUT2D eigenvalue weighted by molar-refractivity contribution is 7.22. The summed E-state index contributed by atoms with van der Waals surface area (Å²) in [5, 5.41) is 4.66. The first-order chi connectivity index (χ1) is 9.74. The molecule has 1 aromatic carbocycles. The average molecular weight is 290 g/mol. The minimum Gasteiger partial charge on any atom is -0.494 e. The maximum absolute atomic E-state index is 5.54. The Morgan fingerprint density at radius 3 is 2.85 bits per heavy atom. The smallest absolute Gasteiger partial charge is 0.184 e. The maximum atomic E-state index is 5.54. The molecular weight excluding hydrogens is 268 g/mol. The Morgan fingerprint density at radius 2 is 2.10 bits per heavy atom. The van der Waals surface area contributed by atoms with E-state index in [4.69, 9.17) is 4.74 Å². The Balaban J connectivity index is 1.72. The lowest BCUT2D eigenvalue weighted by Gasteiger charge is -2.26. The molecule has 20 heavy (non-hydrogen) atoms. The summed E-state index contributed by atoms with van der Waals surface area (Å²) in [4.78, 5) is 4.68. The molecule has 1 aliphatic rings. The van der Waals surface area contributed by atoms with Crippen molar-refractivity contribution < 1.29 is 4.74 Å². The van der Waals surface area contributed by atoms with E-state index in [9.17, 15) is 0 Å². The summed E-state index contributed by atoms with van der Waals surface area (Å²) in [6.07, 6.45) is 5.19. The van der Waals surface area contributed by atoms with Crippen molar-refractivity contribution in [3.63, 3.8) is 0 Å². The van der Waals surface area contributed by atoms with Gasteiger partial charge in [-0.05, 0) is 56.7 Å². The highest BCUT2D eigenvalue weighted by Crippen LogP contribution is 2.32. The van der Waals surface area contributed by atoms with Gasteiger partial charge in [0.15, 0.2) is 5.13 Å². The molecule has 0 atom stereocenters. The van der Waals surface area contributed by atoms with Crippen LogP contribution < -0.4 is 10.1 Å². The van der Waals surface area contributed by atoms with Crippen molar-refractivity contribution in [2.24, 2.45) is 5.92 Å². The number of benzene rings is 1. The number of nitrogens with one attached hydrogen (secondary N) is 1. The molecule has 3 rings (SSSR count). The van der Waals surface area contributed by atoms with Gasteiger partial charge in [0.05, 0.1) is 16.8 Å². The molecule has 1 heterocycles. The standard InChI is InChI=1S/C16H22N2OS/c1-3-19-13-8-9-14-15(10-13)20-16(18-14)17-12-6-4-11(2)5-7-12/h8-12H,3-7H2,1-2H3,(H,17,18). The molecule has 3 nitrogen and oxygen atoms in total. The third kappa shape index (κ3) is 3.06. The van der Waals surface area contributed by atoms with Crippen molar-refractivity contribution in [3.05, 3.63) is 18.2 Å². The summed E-state index contributed by atoms with van der Waals surface area (Å²) in [5.74, 6) is 1.82. The van der Waals surface area contributed by atoms with Gasteiger partial charge >= 0.3 is 0 Å². The average Bonchev–Trinajstić information content (AvgIpc) is 2.83. The lowest BCUT2D eigenvalue weighted by molar-refractivity contribution is 0.341. The van der Waals surface area contributed by atoms with Crippen LogP contribution in [-0.4, -0.2) is 17.6 Å². The highest BCUT2D eigenvalue weighted by atomic mass is 32.1. The van der Waals surface area contributed by atoms with E-state index in [1.54, 1.807) is 11.3 Å². The van der Waals surface area contributed by atoms with E-state index >= 15 is 0 Å². The van der Waals surface area contributed by atoms with Crippen LogP contribution in [0.25, 0.3) is 10.2 Å². The molecule has 0 unspecified atom stereocenters. The van der Waals surface area contributed by atoms with E-state index in [0.717, 1.165) is 22.3 Å². The van der Waals surface area contributed by atoms with Gasteiger partial charge in [-0.15, -0.1) is 0 Å². The minimum absolute atomic E-state index is 0.595. The molecule has 108 valence electrons. The van der Waals surface area contributed by atoms with Crippen LogP contribution in [-0.2, 0) is 0 Å². The second kappa shape index (κ2) is 6.00. The number of thiazole rings is 1. The largest absolute Gasteiger partial charge is 0.494 e. The van der Waals surface area contributed by atoms with Crippen LogP contribution in [0.3, 0.4) is 0 Å². The zero-order valence-electron chi connectivity index (χ0n) is 12.2. The molecule has 1 fully saturated rings. The Kier molecular flexibility index (Phi) is 4.10. The predicted octanol–water partition coefficient (Wildman–Crippen LogP) is 4.69. The molecule has 0 aliphatic heterocycles. The predicted molar refractivity (Wildman–Crippen MR) is 85.8 cm³/mol. The number of aromatic nitrogens is 1. The maximum Gasteiger partial charge on any atom is 0.184 e. The van der Waals surface area contributed by atoms with Crippen molar-refractivity contribution in [3.8, 4) is 5.75 Å². The van der Waals surface area contributed by atoms with Gasteiger partial charge < -0.3 is 10.1 Å². The molecule has 0 spiro atoms. The SMILES string of the molecule is CCOc1ccc2nc(NC3CCC(C)CC3)sc2c1. The van der Waals surface area contributed by atoms with Gasteiger partial charge in [-0.25, -0.2) is 4.98 Å². The van der Waals surface area contributed by atoms with Crippen molar-refractivity contribution >= 4 is 26.7 Å². The van der Waals surface area contributed by atoms with Crippen LogP contribution in [0.4, 0.5) is 5.13 Å². The molecular formula is C16H22N2OS. The molecule has 1 aliphatic carbocycles. The van der Waals surface area contributed by atoms with Gasteiger partial charge in [0.2, 0.25) is 0 Å². The van der Waals surface area contributed by atoms with E-state index in [1.807, 2.05) is 19.1 Å². The van der Waals surface area contributed by atoms with Crippen molar-refractivity contribution in [2.45, 2.75) is 45.6 Å². The van der Waals surface area contributed by atoms with E-state index in [0.29, 0.717) is 12.6 Å². The van der Waals surface area contributed by atoms with E-state index in [1.165, 1.54) is 30.4 Å². The molecule has 1 saturated carbocycles. The normalized spacial score (nSPS) is 22.9. The highest BCUT2D eigenvalue weighted by Gasteiger charge is 2.19. The fourth-order valence-corrected chi connectivity index (χ4v) is 3.77. The molecule has 0 amide bonds. The topological polar surface area (TPSA) is 34.1 Å². The molecule has 1 N–H and O–H groups in total. The fourth-order valence-electron chi connectivity index (χ4n) is 2.80. The van der Waals surface area contributed by atoms with Gasteiger partial charge in [0.25, 0.3) is 0 Å². The zero-order chi connectivity index (χ0) is 13.9. The van der Waals surface area contributed by atoms with Gasteiger partial charge in [0.1, 0.15) is 5.75 Å². The quantitative estimate of drug-likeness (QED) is 0.887. The lowest BCUT2D eigenvalue weighted by atomic mass is 9.87. The van der Waals surface area contributed by atoms with E-state index < -0.39 is 0 Å². The van der Waals surface area contributed by atoms with Crippen LogP contribution in [0, 0.1) is 5.92 Å². The molecule has 0 bridgehead atoms. The Morgan fingerprint density at radius 1 is 1.30 bits per heavy atom. The molecule has 1 aromatic heterocycles. The number of hydrogen-bond donors (Lipinski definition) is 1. The summed E-state index contributed by atoms with van der Waals surface area (Å²) in [6.45, 7) is 5.06.